The van der Waals surface area contributed by atoms with Crippen molar-refractivity contribution in [1.29, 1.82) is 0 Å². The molecule has 2 N–H and O–H groups in total. The lowest BCUT2D eigenvalue weighted by Crippen LogP contribution is -2.34. The Morgan fingerprint density at radius 1 is 1.27 bits per heavy atom. The largest absolute Gasteiger partial charge is 0.339 e. The minimum absolute atomic E-state index is 0. The number of benzene rings is 1. The highest BCUT2D eigenvalue weighted by Crippen LogP contribution is 2.24. The molecule has 0 spiro atoms. The molecule has 1 aliphatic rings. The second-order valence-corrected chi connectivity index (χ2v) is 6.86. The molecule has 2 amide bonds. The van der Waals surface area contributed by atoms with Crippen LogP contribution in [0.3, 0.4) is 0 Å². The Morgan fingerprint density at radius 2 is 1.96 bits per heavy atom. The number of amides is 2. The van der Waals surface area contributed by atoms with E-state index >= 15 is 0 Å². The summed E-state index contributed by atoms with van der Waals surface area (Å²) >= 11 is 0. The summed E-state index contributed by atoms with van der Waals surface area (Å²) in [7, 11) is 0. The average molecular weight is 382 g/mol. The van der Waals surface area contributed by atoms with Crippen molar-refractivity contribution >= 4 is 29.9 Å². The van der Waals surface area contributed by atoms with Gasteiger partial charge in [0.1, 0.15) is 0 Å². The van der Waals surface area contributed by atoms with E-state index < -0.39 is 0 Å². The Morgan fingerprint density at radius 3 is 2.58 bits per heavy atom. The predicted molar refractivity (Wildman–Crippen MR) is 109 cm³/mol. The highest BCUT2D eigenvalue weighted by Gasteiger charge is 2.23. The van der Waals surface area contributed by atoms with Gasteiger partial charge in [-0.1, -0.05) is 19.1 Å². The SMILES string of the molecule is CCN(CC)C(=O)c1ccccc1NC(=O)CC(C)C1CCCNC1.Cl. The molecule has 1 aliphatic heterocycles. The van der Waals surface area contributed by atoms with E-state index in [1.165, 1.54) is 12.8 Å². The summed E-state index contributed by atoms with van der Waals surface area (Å²) in [5.74, 6) is 0.828. The standard InChI is InChI=1S/C20H31N3O2.ClH/c1-4-23(5-2)20(25)17-10-6-7-11-18(17)22-19(24)13-15(3)16-9-8-12-21-14-16;/h6-7,10-11,15-16,21H,4-5,8-9,12-14H2,1-3H3,(H,22,24);1H. The Balaban J connectivity index is 0.00000338. The minimum atomic E-state index is -0.0366. The highest BCUT2D eigenvalue weighted by atomic mass is 35.5. The van der Waals surface area contributed by atoms with Crippen LogP contribution in [0.15, 0.2) is 24.3 Å². The Labute approximate surface area is 163 Å². The van der Waals surface area contributed by atoms with E-state index in [1.807, 2.05) is 32.0 Å². The molecule has 1 heterocycles. The lowest BCUT2D eigenvalue weighted by molar-refractivity contribution is -0.117. The first-order valence-electron chi connectivity index (χ1n) is 9.45. The van der Waals surface area contributed by atoms with Crippen LogP contribution < -0.4 is 10.6 Å². The van der Waals surface area contributed by atoms with Gasteiger partial charge in [-0.05, 0) is 63.7 Å². The highest BCUT2D eigenvalue weighted by molar-refractivity contribution is 6.03. The zero-order valence-corrected chi connectivity index (χ0v) is 16.9. The summed E-state index contributed by atoms with van der Waals surface area (Å²) in [6.07, 6.45) is 2.84. The molecule has 6 heteroatoms. The number of nitrogens with zero attached hydrogens (tertiary/aromatic N) is 1. The van der Waals surface area contributed by atoms with Gasteiger partial charge in [0.25, 0.3) is 5.91 Å². The van der Waals surface area contributed by atoms with E-state index in [4.69, 9.17) is 0 Å². The molecule has 1 aromatic rings. The number of para-hydroxylation sites is 1. The van der Waals surface area contributed by atoms with Crippen molar-refractivity contribution in [3.05, 3.63) is 29.8 Å². The second kappa shape index (κ2) is 11.2. The van der Waals surface area contributed by atoms with Gasteiger partial charge in [-0.15, -0.1) is 12.4 Å². The number of nitrogens with one attached hydrogen (secondary N) is 2. The number of hydrogen-bond acceptors (Lipinski definition) is 3. The first-order chi connectivity index (χ1) is 12.1. The smallest absolute Gasteiger partial charge is 0.255 e. The van der Waals surface area contributed by atoms with Gasteiger partial charge in [0.15, 0.2) is 0 Å². The first kappa shape index (κ1) is 22.5. The number of carbonyl (C=O) groups excluding carboxylic acids is 2. The van der Waals surface area contributed by atoms with Crippen LogP contribution in [0, 0.1) is 11.8 Å². The number of piperidine rings is 1. The molecule has 26 heavy (non-hydrogen) atoms. The molecular weight excluding hydrogens is 350 g/mol. The maximum absolute atomic E-state index is 12.6. The van der Waals surface area contributed by atoms with Crippen molar-refractivity contribution in [3.8, 4) is 0 Å². The topological polar surface area (TPSA) is 61.4 Å². The summed E-state index contributed by atoms with van der Waals surface area (Å²) in [5, 5.41) is 6.36. The average Bonchev–Trinajstić information content (AvgIpc) is 2.63. The second-order valence-electron chi connectivity index (χ2n) is 6.86. The molecule has 0 bridgehead atoms. The molecule has 146 valence electrons. The molecule has 1 fully saturated rings. The van der Waals surface area contributed by atoms with Crippen molar-refractivity contribution in [2.75, 3.05) is 31.5 Å². The van der Waals surface area contributed by atoms with Crippen LogP contribution in [-0.4, -0.2) is 42.9 Å². The Kier molecular flexibility index (Phi) is 9.66. The van der Waals surface area contributed by atoms with Crippen LogP contribution in [0.25, 0.3) is 0 Å². The lowest BCUT2D eigenvalue weighted by atomic mass is 9.85. The molecule has 2 rings (SSSR count). The van der Waals surface area contributed by atoms with E-state index in [-0.39, 0.29) is 24.2 Å². The molecule has 1 aromatic carbocycles. The third-order valence-electron chi connectivity index (χ3n) is 5.13. The minimum Gasteiger partial charge on any atom is -0.339 e. The van der Waals surface area contributed by atoms with Gasteiger partial charge >= 0.3 is 0 Å². The van der Waals surface area contributed by atoms with Crippen molar-refractivity contribution in [1.82, 2.24) is 10.2 Å². The van der Waals surface area contributed by atoms with Crippen molar-refractivity contribution < 1.29 is 9.59 Å². The van der Waals surface area contributed by atoms with Gasteiger partial charge in [-0.2, -0.15) is 0 Å². The first-order valence-corrected chi connectivity index (χ1v) is 9.45. The maximum atomic E-state index is 12.6. The fraction of sp³-hybridized carbons (Fsp3) is 0.600. The number of rotatable bonds is 7. The van der Waals surface area contributed by atoms with Gasteiger partial charge < -0.3 is 15.5 Å². The van der Waals surface area contributed by atoms with E-state index in [0.717, 1.165) is 13.1 Å². The van der Waals surface area contributed by atoms with Gasteiger partial charge in [0, 0.05) is 19.5 Å². The third kappa shape index (κ3) is 5.99. The van der Waals surface area contributed by atoms with Crippen LogP contribution in [0.5, 0.6) is 0 Å². The summed E-state index contributed by atoms with van der Waals surface area (Å²) in [6, 6.07) is 7.28. The summed E-state index contributed by atoms with van der Waals surface area (Å²) in [6.45, 7) is 9.45. The fourth-order valence-electron chi connectivity index (χ4n) is 3.48. The maximum Gasteiger partial charge on any atom is 0.255 e. The lowest BCUT2D eigenvalue weighted by Gasteiger charge is -2.28. The van der Waals surface area contributed by atoms with Crippen LogP contribution in [0.4, 0.5) is 5.69 Å². The number of carbonyl (C=O) groups is 2. The van der Waals surface area contributed by atoms with Crippen LogP contribution >= 0.6 is 12.4 Å². The third-order valence-corrected chi connectivity index (χ3v) is 5.13. The van der Waals surface area contributed by atoms with Crippen molar-refractivity contribution in [2.24, 2.45) is 11.8 Å². The Bertz CT molecular complexity index is 584. The zero-order valence-electron chi connectivity index (χ0n) is 16.1. The molecule has 2 atom stereocenters. The van der Waals surface area contributed by atoms with Gasteiger partial charge in [-0.25, -0.2) is 0 Å². The predicted octanol–water partition coefficient (Wildman–Crippen LogP) is 3.55. The fourth-order valence-corrected chi connectivity index (χ4v) is 3.48. The van der Waals surface area contributed by atoms with Crippen molar-refractivity contribution in [3.63, 3.8) is 0 Å². The van der Waals surface area contributed by atoms with Gasteiger partial charge in [-0.3, -0.25) is 9.59 Å². The molecule has 1 saturated heterocycles. The van der Waals surface area contributed by atoms with Gasteiger partial charge in [0.05, 0.1) is 11.3 Å². The molecule has 5 nitrogen and oxygen atoms in total. The van der Waals surface area contributed by atoms with Crippen molar-refractivity contribution in [2.45, 2.75) is 40.0 Å². The number of halogens is 1. The summed E-state index contributed by atoms with van der Waals surface area (Å²) < 4.78 is 0. The number of hydrogen-bond donors (Lipinski definition) is 2. The van der Waals surface area contributed by atoms with E-state index in [2.05, 4.69) is 17.6 Å². The van der Waals surface area contributed by atoms with Crippen LogP contribution in [0.1, 0.15) is 50.4 Å². The monoisotopic (exact) mass is 381 g/mol. The summed E-state index contributed by atoms with van der Waals surface area (Å²) in [4.78, 5) is 26.9. The van der Waals surface area contributed by atoms with Gasteiger partial charge in [0.2, 0.25) is 5.91 Å². The van der Waals surface area contributed by atoms with E-state index in [9.17, 15) is 9.59 Å². The van der Waals surface area contributed by atoms with E-state index in [0.29, 0.717) is 42.6 Å². The molecule has 0 saturated carbocycles. The Hall–Kier alpha value is -1.59. The quantitative estimate of drug-likeness (QED) is 0.759. The van der Waals surface area contributed by atoms with Crippen LogP contribution in [-0.2, 0) is 4.79 Å². The normalized spacial score (nSPS) is 17.7. The molecule has 0 radical (unpaired) electrons. The summed E-state index contributed by atoms with van der Waals surface area (Å²) in [5.41, 5.74) is 1.17. The molecular formula is C20H32ClN3O2. The molecule has 0 aromatic heterocycles. The van der Waals surface area contributed by atoms with Crippen LogP contribution in [0.2, 0.25) is 0 Å². The molecule has 0 aliphatic carbocycles. The number of anilines is 1. The zero-order chi connectivity index (χ0) is 18.2. The van der Waals surface area contributed by atoms with E-state index in [1.54, 1.807) is 11.0 Å². The molecule has 2 unspecified atom stereocenters.